The van der Waals surface area contributed by atoms with Gasteiger partial charge in [-0.05, 0) is 67.0 Å². The van der Waals surface area contributed by atoms with E-state index in [0.717, 1.165) is 30.2 Å². The molecule has 0 atom stereocenters. The Labute approximate surface area is 172 Å². The molecule has 0 amide bonds. The first-order valence-electron chi connectivity index (χ1n) is 9.97. The zero-order valence-electron chi connectivity index (χ0n) is 16.1. The lowest BCUT2D eigenvalue weighted by molar-refractivity contribution is 0.174. The number of rotatable bonds is 6. The van der Waals surface area contributed by atoms with Crippen molar-refractivity contribution in [2.75, 3.05) is 19.9 Å². The second-order valence-electron chi connectivity index (χ2n) is 7.33. The third kappa shape index (κ3) is 4.94. The normalized spacial score (nSPS) is 16.0. The Kier molecular flexibility index (Phi) is 6.29. The van der Waals surface area contributed by atoms with Crippen molar-refractivity contribution in [2.45, 2.75) is 38.9 Å². The Balaban J connectivity index is 1.27. The van der Waals surface area contributed by atoms with Gasteiger partial charge in [0, 0.05) is 19.6 Å². The minimum atomic E-state index is 0.295. The van der Waals surface area contributed by atoms with E-state index in [1.807, 2.05) is 18.2 Å². The Bertz CT molecular complexity index is 821. The fourth-order valence-corrected chi connectivity index (χ4v) is 3.86. The molecule has 0 radical (unpaired) electrons. The lowest BCUT2D eigenvalue weighted by atomic mass is 10.0. The van der Waals surface area contributed by atoms with Crippen molar-refractivity contribution < 1.29 is 9.47 Å². The molecule has 0 bridgehead atoms. The molecule has 148 valence electrons. The summed E-state index contributed by atoms with van der Waals surface area (Å²) >= 11 is 5.47. The second-order valence-corrected chi connectivity index (χ2v) is 7.74. The molecule has 6 heteroatoms. The quantitative estimate of drug-likeness (QED) is 0.727. The van der Waals surface area contributed by atoms with Crippen LogP contribution in [0.1, 0.15) is 36.0 Å². The second kappa shape index (κ2) is 9.26. The predicted octanol–water partition coefficient (Wildman–Crippen LogP) is 3.57. The molecule has 0 saturated carbocycles. The van der Waals surface area contributed by atoms with Gasteiger partial charge in [-0.3, -0.25) is 4.90 Å². The fourth-order valence-electron chi connectivity index (χ4n) is 3.71. The van der Waals surface area contributed by atoms with Gasteiger partial charge in [-0.15, -0.1) is 0 Å². The SMILES string of the molecule is S=C(NCc1ccc2c(c1)OCO2)NCc1ccccc1CN1CCCCC1. The highest BCUT2D eigenvalue weighted by Gasteiger charge is 2.14. The van der Waals surface area contributed by atoms with Gasteiger partial charge < -0.3 is 20.1 Å². The van der Waals surface area contributed by atoms with E-state index >= 15 is 0 Å². The number of likely N-dealkylation sites (tertiary alicyclic amines) is 1. The molecule has 1 saturated heterocycles. The van der Waals surface area contributed by atoms with Crippen molar-refractivity contribution in [3.63, 3.8) is 0 Å². The predicted molar refractivity (Wildman–Crippen MR) is 114 cm³/mol. The standard InChI is InChI=1S/C22H27N3O2S/c28-22(23-13-17-8-9-20-21(12-17)27-16-26-20)24-14-18-6-2-3-7-19(18)15-25-10-4-1-5-11-25/h2-3,6-9,12H,1,4-5,10-11,13-16H2,(H2,23,24,28). The summed E-state index contributed by atoms with van der Waals surface area (Å²) in [6.07, 6.45) is 3.99. The van der Waals surface area contributed by atoms with Gasteiger partial charge >= 0.3 is 0 Å². The average molecular weight is 398 g/mol. The van der Waals surface area contributed by atoms with Crippen molar-refractivity contribution in [1.29, 1.82) is 0 Å². The summed E-state index contributed by atoms with van der Waals surface area (Å²) in [6.45, 7) is 5.11. The summed E-state index contributed by atoms with van der Waals surface area (Å²) in [5.41, 5.74) is 3.80. The lowest BCUT2D eigenvalue weighted by Gasteiger charge is -2.27. The molecule has 28 heavy (non-hydrogen) atoms. The third-order valence-electron chi connectivity index (χ3n) is 5.29. The summed E-state index contributed by atoms with van der Waals surface area (Å²) in [5, 5.41) is 7.28. The monoisotopic (exact) mass is 397 g/mol. The van der Waals surface area contributed by atoms with E-state index in [-0.39, 0.29) is 0 Å². The maximum Gasteiger partial charge on any atom is 0.231 e. The smallest absolute Gasteiger partial charge is 0.231 e. The molecule has 0 unspecified atom stereocenters. The minimum absolute atomic E-state index is 0.295. The summed E-state index contributed by atoms with van der Waals surface area (Å²) in [7, 11) is 0. The highest BCUT2D eigenvalue weighted by Crippen LogP contribution is 2.32. The van der Waals surface area contributed by atoms with Crippen LogP contribution in [0.25, 0.3) is 0 Å². The number of thiocarbonyl (C=S) groups is 1. The third-order valence-corrected chi connectivity index (χ3v) is 5.58. The van der Waals surface area contributed by atoms with Crippen LogP contribution >= 0.6 is 12.2 Å². The minimum Gasteiger partial charge on any atom is -0.454 e. The molecule has 2 N–H and O–H groups in total. The van der Waals surface area contributed by atoms with Crippen molar-refractivity contribution in [3.05, 3.63) is 59.2 Å². The van der Waals surface area contributed by atoms with Crippen LogP contribution in [0.3, 0.4) is 0 Å². The van der Waals surface area contributed by atoms with E-state index < -0.39 is 0 Å². The highest BCUT2D eigenvalue weighted by molar-refractivity contribution is 7.80. The molecule has 0 spiro atoms. The number of nitrogens with zero attached hydrogens (tertiary/aromatic N) is 1. The molecule has 2 aromatic rings. The van der Waals surface area contributed by atoms with Crippen LogP contribution in [0.2, 0.25) is 0 Å². The topological polar surface area (TPSA) is 45.8 Å². The van der Waals surface area contributed by atoms with Crippen LogP contribution in [0, 0.1) is 0 Å². The number of benzene rings is 2. The Hall–Kier alpha value is -2.31. The maximum atomic E-state index is 5.47. The zero-order chi connectivity index (χ0) is 19.2. The molecular weight excluding hydrogens is 370 g/mol. The Morgan fingerprint density at radius 1 is 0.893 bits per heavy atom. The first-order valence-corrected chi connectivity index (χ1v) is 10.4. The van der Waals surface area contributed by atoms with Gasteiger partial charge in [-0.25, -0.2) is 0 Å². The van der Waals surface area contributed by atoms with Crippen LogP contribution in [0.5, 0.6) is 11.5 Å². The van der Waals surface area contributed by atoms with Crippen LogP contribution < -0.4 is 20.1 Å². The number of ether oxygens (including phenoxy) is 2. The van der Waals surface area contributed by atoms with Crippen LogP contribution in [-0.4, -0.2) is 29.9 Å². The largest absolute Gasteiger partial charge is 0.454 e. The van der Waals surface area contributed by atoms with Crippen LogP contribution in [0.15, 0.2) is 42.5 Å². The van der Waals surface area contributed by atoms with Gasteiger partial charge in [0.25, 0.3) is 0 Å². The molecule has 2 aliphatic heterocycles. The maximum absolute atomic E-state index is 5.47. The average Bonchev–Trinajstić information content (AvgIpc) is 3.20. The van der Waals surface area contributed by atoms with E-state index in [2.05, 4.69) is 39.8 Å². The Morgan fingerprint density at radius 2 is 1.64 bits per heavy atom. The number of hydrogen-bond donors (Lipinski definition) is 2. The first kappa shape index (κ1) is 19.0. The fraction of sp³-hybridized carbons (Fsp3) is 0.409. The van der Waals surface area contributed by atoms with Crippen molar-refractivity contribution in [3.8, 4) is 11.5 Å². The van der Waals surface area contributed by atoms with Crippen molar-refractivity contribution in [1.82, 2.24) is 15.5 Å². The van der Waals surface area contributed by atoms with Gasteiger partial charge in [-0.1, -0.05) is 36.8 Å². The number of nitrogens with one attached hydrogen (secondary N) is 2. The van der Waals surface area contributed by atoms with E-state index in [4.69, 9.17) is 21.7 Å². The molecule has 2 aromatic carbocycles. The van der Waals surface area contributed by atoms with Gasteiger partial charge in [0.2, 0.25) is 6.79 Å². The first-order chi connectivity index (χ1) is 13.8. The summed E-state index contributed by atoms with van der Waals surface area (Å²) < 4.78 is 10.8. The van der Waals surface area contributed by atoms with Gasteiger partial charge in [-0.2, -0.15) is 0 Å². The van der Waals surface area contributed by atoms with Crippen molar-refractivity contribution >= 4 is 17.3 Å². The molecule has 1 fully saturated rings. The lowest BCUT2D eigenvalue weighted by Crippen LogP contribution is -2.35. The van der Waals surface area contributed by atoms with Gasteiger partial charge in [0.1, 0.15) is 0 Å². The summed E-state index contributed by atoms with van der Waals surface area (Å²) in [5.74, 6) is 1.60. The molecule has 0 aromatic heterocycles. The Morgan fingerprint density at radius 3 is 2.50 bits per heavy atom. The van der Waals surface area contributed by atoms with E-state index in [9.17, 15) is 0 Å². The van der Waals surface area contributed by atoms with Crippen molar-refractivity contribution in [2.24, 2.45) is 0 Å². The molecular formula is C22H27N3O2S. The van der Waals surface area contributed by atoms with Gasteiger partial charge in [0.15, 0.2) is 16.6 Å². The zero-order valence-corrected chi connectivity index (χ0v) is 16.9. The van der Waals surface area contributed by atoms with Crippen LogP contribution in [-0.2, 0) is 19.6 Å². The highest BCUT2D eigenvalue weighted by atomic mass is 32.1. The summed E-state index contributed by atoms with van der Waals surface area (Å²) in [4.78, 5) is 2.55. The molecule has 2 heterocycles. The number of piperidine rings is 1. The number of fused-ring (bicyclic) bond motifs is 1. The molecule has 5 nitrogen and oxygen atoms in total. The van der Waals surface area contributed by atoms with E-state index in [1.165, 1.54) is 43.5 Å². The summed E-state index contributed by atoms with van der Waals surface area (Å²) in [6, 6.07) is 14.6. The van der Waals surface area contributed by atoms with Gasteiger partial charge in [0.05, 0.1) is 0 Å². The number of hydrogen-bond acceptors (Lipinski definition) is 4. The van der Waals surface area contributed by atoms with E-state index in [1.54, 1.807) is 0 Å². The van der Waals surface area contributed by atoms with Crippen LogP contribution in [0.4, 0.5) is 0 Å². The van der Waals surface area contributed by atoms with E-state index in [0.29, 0.717) is 18.5 Å². The molecule has 4 rings (SSSR count). The molecule has 2 aliphatic rings. The molecule has 0 aliphatic carbocycles.